The molecule has 0 amide bonds. The lowest BCUT2D eigenvalue weighted by Gasteiger charge is -2.01. The van der Waals surface area contributed by atoms with E-state index >= 15 is 0 Å². The van der Waals surface area contributed by atoms with E-state index in [0.717, 1.165) is 0 Å². The second-order valence-electron chi connectivity index (χ2n) is 2.89. The van der Waals surface area contributed by atoms with E-state index in [1.165, 1.54) is 6.20 Å². The van der Waals surface area contributed by atoms with Crippen molar-refractivity contribution < 1.29 is 8.42 Å². The van der Waals surface area contributed by atoms with Gasteiger partial charge in [0.25, 0.3) is 0 Å². The van der Waals surface area contributed by atoms with Crippen LogP contribution < -0.4 is 0 Å². The third-order valence-corrected chi connectivity index (χ3v) is 5.13. The number of nitrogens with zero attached hydrogens (tertiary/aromatic N) is 1. The van der Waals surface area contributed by atoms with Gasteiger partial charge in [-0.15, -0.1) is 0 Å². The standard InChI is InChI=1S/C9H5BrClNO2S/c10-9-12-5-8(15(9,13)14)6-1-3-7(11)4-2-6/h1-5H. The molecule has 1 aromatic carbocycles. The number of rotatable bonds is 1. The van der Waals surface area contributed by atoms with Crippen molar-refractivity contribution in [1.82, 2.24) is 0 Å². The Balaban J connectivity index is 2.49. The molecular formula is C9H5BrClNO2S. The maximum absolute atomic E-state index is 11.7. The third kappa shape index (κ3) is 1.87. The second kappa shape index (κ2) is 3.73. The lowest BCUT2D eigenvalue weighted by molar-refractivity contribution is 0.617. The first-order chi connectivity index (χ1) is 7.01. The van der Waals surface area contributed by atoms with E-state index in [1.807, 2.05) is 0 Å². The van der Waals surface area contributed by atoms with Crippen LogP contribution in [0.2, 0.25) is 5.02 Å². The Morgan fingerprint density at radius 1 is 1.20 bits per heavy atom. The molecular weight excluding hydrogens is 302 g/mol. The summed E-state index contributed by atoms with van der Waals surface area (Å²) in [4.78, 5) is 3.91. The van der Waals surface area contributed by atoms with Crippen molar-refractivity contribution in [1.29, 1.82) is 0 Å². The monoisotopic (exact) mass is 305 g/mol. The molecule has 0 atom stereocenters. The van der Waals surface area contributed by atoms with Crippen LogP contribution in [0.1, 0.15) is 5.56 Å². The van der Waals surface area contributed by atoms with Crippen molar-refractivity contribution in [3.63, 3.8) is 0 Å². The summed E-state index contributed by atoms with van der Waals surface area (Å²) in [6.07, 6.45) is 1.32. The smallest absolute Gasteiger partial charge is 0.232 e. The van der Waals surface area contributed by atoms with Gasteiger partial charge in [0.05, 0.1) is 4.91 Å². The molecule has 1 aliphatic rings. The maximum atomic E-state index is 11.7. The molecule has 2 rings (SSSR count). The van der Waals surface area contributed by atoms with Gasteiger partial charge in [-0.3, -0.25) is 0 Å². The molecule has 0 N–H and O–H groups in total. The number of aliphatic imine (C=N–C) groups is 1. The van der Waals surface area contributed by atoms with Gasteiger partial charge < -0.3 is 0 Å². The fraction of sp³-hybridized carbons (Fsp3) is 0. The van der Waals surface area contributed by atoms with Crippen LogP contribution >= 0.6 is 27.5 Å². The van der Waals surface area contributed by atoms with Gasteiger partial charge in [-0.1, -0.05) is 23.7 Å². The molecule has 0 unspecified atom stereocenters. The van der Waals surface area contributed by atoms with Crippen LogP contribution in [-0.2, 0) is 9.84 Å². The average molecular weight is 307 g/mol. The van der Waals surface area contributed by atoms with Gasteiger partial charge in [0.2, 0.25) is 13.8 Å². The Labute approximate surface area is 101 Å². The number of benzene rings is 1. The summed E-state index contributed by atoms with van der Waals surface area (Å²) < 4.78 is 23.3. The van der Waals surface area contributed by atoms with E-state index in [1.54, 1.807) is 24.3 Å². The number of hydrogen-bond acceptors (Lipinski definition) is 3. The summed E-state index contributed by atoms with van der Waals surface area (Å²) in [5.74, 6) is 0. The third-order valence-electron chi connectivity index (χ3n) is 1.92. The highest BCUT2D eigenvalue weighted by atomic mass is 79.9. The minimum absolute atomic E-state index is 0.0556. The van der Waals surface area contributed by atoms with Gasteiger partial charge in [0.1, 0.15) is 0 Å². The van der Waals surface area contributed by atoms with Gasteiger partial charge in [-0.05, 0) is 33.6 Å². The summed E-state index contributed by atoms with van der Waals surface area (Å²) >= 11 is 8.61. The Kier molecular flexibility index (Phi) is 2.70. The predicted octanol–water partition coefficient (Wildman–Crippen LogP) is 2.82. The zero-order valence-corrected chi connectivity index (χ0v) is 10.5. The van der Waals surface area contributed by atoms with Crippen LogP contribution in [0.5, 0.6) is 0 Å². The minimum atomic E-state index is -3.45. The average Bonchev–Trinajstić information content (AvgIpc) is 2.44. The van der Waals surface area contributed by atoms with E-state index in [4.69, 9.17) is 11.6 Å². The van der Waals surface area contributed by atoms with Gasteiger partial charge in [-0.25, -0.2) is 13.4 Å². The molecule has 0 fully saturated rings. The van der Waals surface area contributed by atoms with E-state index in [9.17, 15) is 8.42 Å². The van der Waals surface area contributed by atoms with Gasteiger partial charge in [0.15, 0.2) is 0 Å². The summed E-state index contributed by atoms with van der Waals surface area (Å²) in [7, 11) is -3.45. The van der Waals surface area contributed by atoms with Gasteiger partial charge in [-0.2, -0.15) is 0 Å². The summed E-state index contributed by atoms with van der Waals surface area (Å²) in [5.41, 5.74) is 0.581. The van der Waals surface area contributed by atoms with Crippen molar-refractivity contribution in [2.45, 2.75) is 0 Å². The minimum Gasteiger partial charge on any atom is -0.236 e. The molecule has 0 saturated heterocycles. The lowest BCUT2D eigenvalue weighted by Crippen LogP contribution is -2.05. The molecule has 6 heteroatoms. The van der Waals surface area contributed by atoms with Crippen molar-refractivity contribution in [3.8, 4) is 0 Å². The SMILES string of the molecule is O=S1(=O)C(c2ccc(Cl)cc2)=CN=C1Br. The van der Waals surface area contributed by atoms with E-state index in [-0.39, 0.29) is 8.86 Å². The van der Waals surface area contributed by atoms with Crippen LogP contribution in [-0.4, -0.2) is 12.4 Å². The highest BCUT2D eigenvalue weighted by molar-refractivity contribution is 9.22. The van der Waals surface area contributed by atoms with E-state index in [2.05, 4.69) is 20.9 Å². The van der Waals surface area contributed by atoms with E-state index in [0.29, 0.717) is 10.6 Å². The van der Waals surface area contributed by atoms with Crippen molar-refractivity contribution >= 4 is 46.2 Å². The number of halogens is 2. The van der Waals surface area contributed by atoms with Gasteiger partial charge in [0, 0.05) is 11.2 Å². The van der Waals surface area contributed by atoms with E-state index < -0.39 is 9.84 Å². The topological polar surface area (TPSA) is 46.5 Å². The van der Waals surface area contributed by atoms with Crippen molar-refractivity contribution in [2.24, 2.45) is 4.99 Å². The van der Waals surface area contributed by atoms with Crippen molar-refractivity contribution in [2.75, 3.05) is 0 Å². The predicted molar refractivity (Wildman–Crippen MR) is 64.7 cm³/mol. The Bertz CT molecular complexity index is 560. The van der Waals surface area contributed by atoms with Crippen LogP contribution in [0.25, 0.3) is 4.91 Å². The van der Waals surface area contributed by atoms with Crippen LogP contribution in [0.3, 0.4) is 0 Å². The molecule has 0 aromatic heterocycles. The highest BCUT2D eigenvalue weighted by Gasteiger charge is 2.28. The first kappa shape index (κ1) is 10.9. The molecule has 15 heavy (non-hydrogen) atoms. The quantitative estimate of drug-likeness (QED) is 0.801. The maximum Gasteiger partial charge on any atom is 0.232 e. The summed E-state index contributed by atoms with van der Waals surface area (Å²) in [5, 5.41) is 0.565. The van der Waals surface area contributed by atoms with Gasteiger partial charge >= 0.3 is 0 Å². The largest absolute Gasteiger partial charge is 0.236 e. The number of sulfone groups is 1. The fourth-order valence-corrected chi connectivity index (χ4v) is 2.95. The second-order valence-corrected chi connectivity index (χ2v) is 6.43. The number of hydrogen-bond donors (Lipinski definition) is 0. The van der Waals surface area contributed by atoms with Crippen LogP contribution in [0.4, 0.5) is 0 Å². The zero-order chi connectivity index (χ0) is 11.1. The Morgan fingerprint density at radius 3 is 2.27 bits per heavy atom. The van der Waals surface area contributed by atoms with Crippen LogP contribution in [0.15, 0.2) is 35.5 Å². The highest BCUT2D eigenvalue weighted by Crippen LogP contribution is 2.30. The molecule has 78 valence electrons. The fourth-order valence-electron chi connectivity index (χ4n) is 1.18. The molecule has 0 bridgehead atoms. The molecule has 1 aliphatic heterocycles. The first-order valence-corrected chi connectivity index (χ1v) is 6.62. The van der Waals surface area contributed by atoms with Crippen molar-refractivity contribution in [3.05, 3.63) is 41.1 Å². The zero-order valence-electron chi connectivity index (χ0n) is 7.31. The molecule has 0 aliphatic carbocycles. The Hall–Kier alpha value is -0.650. The molecule has 1 aromatic rings. The molecule has 0 saturated carbocycles. The molecule has 0 spiro atoms. The summed E-state index contributed by atoms with van der Waals surface area (Å²) in [6.45, 7) is 0. The first-order valence-electron chi connectivity index (χ1n) is 3.96. The summed E-state index contributed by atoms with van der Waals surface area (Å²) in [6, 6.07) is 6.57. The van der Waals surface area contributed by atoms with Crippen LogP contribution in [0, 0.1) is 0 Å². The Morgan fingerprint density at radius 2 is 1.80 bits per heavy atom. The molecule has 1 heterocycles. The molecule has 0 radical (unpaired) electrons. The molecule has 3 nitrogen and oxygen atoms in total. The lowest BCUT2D eigenvalue weighted by atomic mass is 10.2. The normalized spacial score (nSPS) is 18.5.